The number of nitrogen functional groups attached to an aromatic ring is 1. The number of aliphatic hydroxyl groups is 1. The van der Waals surface area contributed by atoms with Crippen LogP contribution in [0.25, 0.3) is 11.2 Å². The number of fused-ring (bicyclic) bond motifs is 1. The van der Waals surface area contributed by atoms with Crippen molar-refractivity contribution < 1.29 is 5.11 Å². The van der Waals surface area contributed by atoms with Crippen molar-refractivity contribution in [3.05, 3.63) is 6.33 Å². The van der Waals surface area contributed by atoms with Crippen LogP contribution in [-0.4, -0.2) is 44.7 Å². The van der Waals surface area contributed by atoms with Gasteiger partial charge in [-0.15, -0.1) is 0 Å². The molecule has 0 bridgehead atoms. The second-order valence-corrected chi connectivity index (χ2v) is 4.07. The topological polar surface area (TPSA) is 104 Å². The molecule has 2 rings (SSSR count). The van der Waals surface area contributed by atoms with E-state index < -0.39 is 0 Å². The van der Waals surface area contributed by atoms with E-state index in [4.69, 9.17) is 10.8 Å². The molecule has 4 N–H and O–H groups in total. The third kappa shape index (κ3) is 2.51. The second-order valence-electron chi connectivity index (χ2n) is 4.07. The van der Waals surface area contributed by atoms with E-state index in [1.54, 1.807) is 6.33 Å². The molecular weight excluding hydrogens is 232 g/mol. The van der Waals surface area contributed by atoms with Crippen LogP contribution in [0.5, 0.6) is 0 Å². The lowest BCUT2D eigenvalue weighted by atomic mass is 10.3. The molecule has 18 heavy (non-hydrogen) atoms. The Hall–Kier alpha value is -1.89. The Morgan fingerprint density at radius 1 is 1.39 bits per heavy atom. The summed E-state index contributed by atoms with van der Waals surface area (Å²) in [6.07, 6.45) is 3.67. The van der Waals surface area contributed by atoms with Gasteiger partial charge in [0.1, 0.15) is 5.52 Å². The Balaban J connectivity index is 2.38. The molecule has 0 aliphatic carbocycles. The number of nitrogens with one attached hydrogen (secondary N) is 1. The highest BCUT2D eigenvalue weighted by molar-refractivity contribution is 5.84. The van der Waals surface area contributed by atoms with Crippen LogP contribution in [0.4, 0.5) is 11.8 Å². The summed E-state index contributed by atoms with van der Waals surface area (Å²) < 4.78 is 0. The van der Waals surface area contributed by atoms with E-state index in [9.17, 15) is 0 Å². The van der Waals surface area contributed by atoms with Gasteiger partial charge in [-0.3, -0.25) is 0 Å². The zero-order valence-electron chi connectivity index (χ0n) is 10.4. The predicted molar refractivity (Wildman–Crippen MR) is 70.3 cm³/mol. The lowest BCUT2D eigenvalue weighted by Crippen LogP contribution is -2.29. The van der Waals surface area contributed by atoms with Gasteiger partial charge in [0.15, 0.2) is 11.5 Å². The highest BCUT2D eigenvalue weighted by atomic mass is 16.3. The summed E-state index contributed by atoms with van der Waals surface area (Å²) in [5, 5.41) is 9.15. The summed E-state index contributed by atoms with van der Waals surface area (Å²) in [4.78, 5) is 17.4. The molecule has 0 aliphatic heterocycles. The van der Waals surface area contributed by atoms with Crippen LogP contribution in [0.15, 0.2) is 6.33 Å². The van der Waals surface area contributed by atoms with Gasteiger partial charge in [-0.1, -0.05) is 13.3 Å². The first kappa shape index (κ1) is 12.6. The summed E-state index contributed by atoms with van der Waals surface area (Å²) in [5.41, 5.74) is 6.99. The number of anilines is 2. The minimum atomic E-state index is 0.0727. The van der Waals surface area contributed by atoms with Gasteiger partial charge >= 0.3 is 0 Å². The van der Waals surface area contributed by atoms with E-state index >= 15 is 0 Å². The van der Waals surface area contributed by atoms with E-state index in [2.05, 4.69) is 26.9 Å². The summed E-state index contributed by atoms with van der Waals surface area (Å²) in [5.74, 6) is 0.904. The number of aromatic nitrogens is 4. The molecule has 98 valence electrons. The van der Waals surface area contributed by atoms with Crippen molar-refractivity contribution in [1.29, 1.82) is 0 Å². The summed E-state index contributed by atoms with van der Waals surface area (Å²) in [7, 11) is 0. The van der Waals surface area contributed by atoms with Crippen molar-refractivity contribution in [2.24, 2.45) is 0 Å². The number of H-pyrrole nitrogens is 1. The predicted octanol–water partition coefficient (Wildman–Crippen LogP) is 0.534. The number of unbranched alkanes of at least 4 members (excludes halogenated alkanes) is 1. The van der Waals surface area contributed by atoms with Crippen molar-refractivity contribution in [2.45, 2.75) is 19.8 Å². The fraction of sp³-hybridized carbons (Fsp3) is 0.545. The monoisotopic (exact) mass is 250 g/mol. The van der Waals surface area contributed by atoms with Gasteiger partial charge in [0.25, 0.3) is 0 Å². The van der Waals surface area contributed by atoms with Crippen LogP contribution >= 0.6 is 0 Å². The molecule has 0 atom stereocenters. The van der Waals surface area contributed by atoms with E-state index in [-0.39, 0.29) is 12.6 Å². The Morgan fingerprint density at radius 2 is 2.22 bits per heavy atom. The normalized spacial score (nSPS) is 11.0. The van der Waals surface area contributed by atoms with Crippen LogP contribution in [0.3, 0.4) is 0 Å². The molecule has 7 nitrogen and oxygen atoms in total. The zero-order valence-corrected chi connectivity index (χ0v) is 10.4. The molecule has 0 amide bonds. The first-order valence-corrected chi connectivity index (χ1v) is 6.08. The lowest BCUT2D eigenvalue weighted by Gasteiger charge is -2.22. The van der Waals surface area contributed by atoms with Gasteiger partial charge in [0.2, 0.25) is 5.95 Å². The Bertz CT molecular complexity index is 511. The van der Waals surface area contributed by atoms with Gasteiger partial charge in [-0.25, -0.2) is 4.98 Å². The lowest BCUT2D eigenvalue weighted by molar-refractivity contribution is 0.301. The first-order chi connectivity index (χ1) is 8.76. The highest BCUT2D eigenvalue weighted by Crippen LogP contribution is 2.21. The van der Waals surface area contributed by atoms with Crippen molar-refractivity contribution in [3.63, 3.8) is 0 Å². The van der Waals surface area contributed by atoms with Crippen LogP contribution in [-0.2, 0) is 0 Å². The fourth-order valence-electron chi connectivity index (χ4n) is 1.86. The summed E-state index contributed by atoms with van der Waals surface area (Å²) in [6.45, 7) is 3.53. The molecule has 0 aliphatic rings. The third-order valence-electron chi connectivity index (χ3n) is 2.73. The van der Waals surface area contributed by atoms with Gasteiger partial charge in [-0.05, 0) is 6.42 Å². The Kier molecular flexibility index (Phi) is 3.93. The van der Waals surface area contributed by atoms with E-state index in [0.29, 0.717) is 18.0 Å². The molecule has 0 saturated heterocycles. The number of nitrogens with two attached hydrogens (primary N) is 1. The maximum absolute atomic E-state index is 9.15. The molecule has 2 aromatic rings. The number of hydrogen-bond donors (Lipinski definition) is 3. The number of aromatic amines is 1. The largest absolute Gasteiger partial charge is 0.395 e. The zero-order chi connectivity index (χ0) is 13.0. The SMILES string of the molecule is CCCCN(CCO)c1nc(N)nc2nc[nH]c12. The average Bonchev–Trinajstić information content (AvgIpc) is 2.81. The van der Waals surface area contributed by atoms with E-state index in [1.165, 1.54) is 0 Å². The minimum Gasteiger partial charge on any atom is -0.395 e. The van der Waals surface area contributed by atoms with E-state index in [1.807, 2.05) is 4.90 Å². The van der Waals surface area contributed by atoms with Crippen molar-refractivity contribution in [3.8, 4) is 0 Å². The molecule has 0 radical (unpaired) electrons. The molecule has 7 heteroatoms. The number of rotatable bonds is 6. The molecule has 0 aromatic carbocycles. The Morgan fingerprint density at radius 3 is 2.94 bits per heavy atom. The standard InChI is InChI=1S/C11H18N6O/c1-2-3-4-17(5-6-18)10-8-9(14-7-13-8)15-11(12)16-10/h7,18H,2-6H2,1H3,(H3,12,13,14,15,16). The molecule has 0 unspecified atom stereocenters. The van der Waals surface area contributed by atoms with Crippen molar-refractivity contribution in [1.82, 2.24) is 19.9 Å². The van der Waals surface area contributed by atoms with Crippen LogP contribution in [0.2, 0.25) is 0 Å². The minimum absolute atomic E-state index is 0.0727. The van der Waals surface area contributed by atoms with Gasteiger partial charge in [0, 0.05) is 13.1 Å². The smallest absolute Gasteiger partial charge is 0.224 e. The van der Waals surface area contributed by atoms with Crippen LogP contribution in [0, 0.1) is 0 Å². The highest BCUT2D eigenvalue weighted by Gasteiger charge is 2.14. The molecule has 2 heterocycles. The van der Waals surface area contributed by atoms with Crippen molar-refractivity contribution >= 4 is 22.9 Å². The number of hydrogen-bond acceptors (Lipinski definition) is 6. The number of imidazole rings is 1. The fourth-order valence-corrected chi connectivity index (χ4v) is 1.86. The second kappa shape index (κ2) is 5.63. The molecular formula is C11H18N6O. The maximum Gasteiger partial charge on any atom is 0.224 e. The number of nitrogens with zero attached hydrogens (tertiary/aromatic N) is 4. The van der Waals surface area contributed by atoms with Gasteiger partial charge in [-0.2, -0.15) is 9.97 Å². The molecule has 2 aromatic heterocycles. The number of aliphatic hydroxyl groups excluding tert-OH is 1. The summed E-state index contributed by atoms with van der Waals surface area (Å²) >= 11 is 0. The van der Waals surface area contributed by atoms with Gasteiger partial charge in [0.05, 0.1) is 12.9 Å². The molecule has 0 saturated carbocycles. The van der Waals surface area contributed by atoms with Crippen LogP contribution < -0.4 is 10.6 Å². The molecule has 0 spiro atoms. The quantitative estimate of drug-likeness (QED) is 0.691. The summed E-state index contributed by atoms with van der Waals surface area (Å²) in [6, 6.07) is 0. The van der Waals surface area contributed by atoms with Crippen molar-refractivity contribution in [2.75, 3.05) is 30.3 Å². The van der Waals surface area contributed by atoms with Crippen LogP contribution in [0.1, 0.15) is 19.8 Å². The average molecular weight is 250 g/mol. The Labute approximate surface area is 105 Å². The third-order valence-corrected chi connectivity index (χ3v) is 2.73. The first-order valence-electron chi connectivity index (χ1n) is 6.08. The maximum atomic E-state index is 9.15. The van der Waals surface area contributed by atoms with E-state index in [0.717, 1.165) is 24.9 Å². The van der Waals surface area contributed by atoms with Gasteiger partial charge < -0.3 is 20.7 Å². The molecule has 0 fully saturated rings.